The number of alkyl halides is 7. The van der Waals surface area contributed by atoms with E-state index >= 15 is 0 Å². The van der Waals surface area contributed by atoms with E-state index in [-0.39, 0.29) is 24.7 Å². The van der Waals surface area contributed by atoms with Crippen LogP contribution in [-0.4, -0.2) is 42.3 Å². The van der Waals surface area contributed by atoms with Gasteiger partial charge in [0.05, 0.1) is 11.5 Å². The van der Waals surface area contributed by atoms with Crippen LogP contribution in [-0.2, 0) is 4.74 Å². The number of ether oxygens (including phenoxy) is 1. The SMILES string of the molecule is FC1CC(OC(F)(F)C2C(F)CC(C3CCC(C4CCCCC4)CC3)CC2F)CC(F)C1Cl. The van der Waals surface area contributed by atoms with Gasteiger partial charge in [-0.15, -0.1) is 11.6 Å². The van der Waals surface area contributed by atoms with E-state index in [0.29, 0.717) is 5.92 Å². The van der Waals surface area contributed by atoms with Crippen molar-refractivity contribution in [3.8, 4) is 0 Å². The zero-order chi connectivity index (χ0) is 23.8. The van der Waals surface area contributed by atoms with Gasteiger partial charge in [0.15, 0.2) is 0 Å². The lowest BCUT2D eigenvalue weighted by atomic mass is 9.65. The summed E-state index contributed by atoms with van der Waals surface area (Å²) in [6.45, 7) is 0. The maximum atomic E-state index is 15.0. The molecule has 0 saturated heterocycles. The Hall–Kier alpha value is -0.170. The lowest BCUT2D eigenvalue weighted by Gasteiger charge is -2.44. The summed E-state index contributed by atoms with van der Waals surface area (Å²) in [7, 11) is 0. The molecule has 0 aliphatic heterocycles. The van der Waals surface area contributed by atoms with E-state index in [0.717, 1.165) is 31.6 Å². The van der Waals surface area contributed by atoms with Crippen molar-refractivity contribution in [3.05, 3.63) is 0 Å². The molecular weight excluding hydrogens is 466 g/mol. The monoisotopic (exact) mass is 502 g/mol. The minimum Gasteiger partial charge on any atom is -0.317 e. The van der Waals surface area contributed by atoms with Crippen LogP contribution in [0.5, 0.6) is 0 Å². The first-order valence-electron chi connectivity index (χ1n) is 12.9. The third kappa shape index (κ3) is 5.98. The van der Waals surface area contributed by atoms with E-state index in [1.54, 1.807) is 0 Å². The highest BCUT2D eigenvalue weighted by Gasteiger charge is 2.56. The Labute approximate surface area is 198 Å². The van der Waals surface area contributed by atoms with E-state index in [1.165, 1.54) is 32.1 Å². The molecule has 4 aliphatic rings. The van der Waals surface area contributed by atoms with Crippen LogP contribution >= 0.6 is 11.6 Å². The van der Waals surface area contributed by atoms with Crippen molar-refractivity contribution in [1.29, 1.82) is 0 Å². The molecule has 4 atom stereocenters. The molecule has 0 radical (unpaired) electrons. The molecular formula is C25H37ClF6O. The Kier molecular flexibility index (Phi) is 8.51. The van der Waals surface area contributed by atoms with Gasteiger partial charge in [0.1, 0.15) is 30.6 Å². The number of hydrogen-bond acceptors (Lipinski definition) is 1. The Balaban J connectivity index is 1.30. The minimum absolute atomic E-state index is 0.102. The molecule has 192 valence electrons. The second kappa shape index (κ2) is 10.8. The largest absolute Gasteiger partial charge is 0.364 e. The normalized spacial score (nSPS) is 46.3. The second-order valence-electron chi connectivity index (χ2n) is 11.1. The highest BCUT2D eigenvalue weighted by molar-refractivity contribution is 6.21. The van der Waals surface area contributed by atoms with Gasteiger partial charge in [-0.25, -0.2) is 17.6 Å². The number of halogens is 7. The topological polar surface area (TPSA) is 9.23 Å². The number of rotatable bonds is 5. The molecule has 0 amide bonds. The van der Waals surface area contributed by atoms with Gasteiger partial charge in [0.2, 0.25) is 0 Å². The molecule has 8 heteroatoms. The Bertz CT molecular complexity index is 600. The molecule has 1 nitrogen and oxygen atoms in total. The van der Waals surface area contributed by atoms with E-state index in [2.05, 4.69) is 4.74 Å². The maximum Gasteiger partial charge on any atom is 0.364 e. The van der Waals surface area contributed by atoms with Crippen LogP contribution < -0.4 is 0 Å². The molecule has 0 heterocycles. The number of hydrogen-bond donors (Lipinski definition) is 0. The summed E-state index contributed by atoms with van der Waals surface area (Å²) in [6.07, 6.45) is -4.09. The van der Waals surface area contributed by atoms with Crippen LogP contribution in [0.25, 0.3) is 0 Å². The van der Waals surface area contributed by atoms with Crippen molar-refractivity contribution >= 4 is 11.6 Å². The van der Waals surface area contributed by atoms with Gasteiger partial charge in [-0.05, 0) is 62.2 Å². The van der Waals surface area contributed by atoms with Gasteiger partial charge in [0, 0.05) is 12.8 Å². The van der Waals surface area contributed by atoms with Crippen molar-refractivity contribution in [2.24, 2.45) is 29.6 Å². The standard InChI is InChI=1S/C25H37ClF6O/c26-24-21(29)12-18(13-22(24)30)33-25(31,32)23-19(27)10-17(11-20(23)28)16-8-6-15(7-9-16)14-4-2-1-3-5-14/h14-24H,1-13H2. The zero-order valence-electron chi connectivity index (χ0n) is 19.1. The van der Waals surface area contributed by atoms with Crippen LogP contribution in [0.4, 0.5) is 26.3 Å². The Morgan fingerprint density at radius 1 is 0.576 bits per heavy atom. The first-order valence-corrected chi connectivity index (χ1v) is 13.3. The van der Waals surface area contributed by atoms with E-state index in [4.69, 9.17) is 11.6 Å². The van der Waals surface area contributed by atoms with Crippen LogP contribution in [0.2, 0.25) is 0 Å². The predicted octanol–water partition coefficient (Wildman–Crippen LogP) is 8.13. The molecule has 0 aromatic heterocycles. The summed E-state index contributed by atoms with van der Waals surface area (Å²) in [5, 5.41) is -1.41. The smallest absolute Gasteiger partial charge is 0.317 e. The molecule has 33 heavy (non-hydrogen) atoms. The van der Waals surface area contributed by atoms with Crippen molar-refractivity contribution in [3.63, 3.8) is 0 Å². The summed E-state index contributed by atoms with van der Waals surface area (Å²) in [4.78, 5) is 0. The second-order valence-corrected chi connectivity index (χ2v) is 11.6. The third-order valence-corrected chi connectivity index (χ3v) is 9.56. The Morgan fingerprint density at radius 3 is 1.55 bits per heavy atom. The Morgan fingerprint density at radius 2 is 1.03 bits per heavy atom. The van der Waals surface area contributed by atoms with Crippen molar-refractivity contribution in [2.45, 2.75) is 126 Å². The summed E-state index contributed by atoms with van der Waals surface area (Å²) < 4.78 is 91.8. The predicted molar refractivity (Wildman–Crippen MR) is 117 cm³/mol. The highest BCUT2D eigenvalue weighted by Crippen LogP contribution is 2.50. The first-order chi connectivity index (χ1) is 15.7. The molecule has 0 spiro atoms. The molecule has 4 fully saturated rings. The molecule has 4 aliphatic carbocycles. The molecule has 4 unspecified atom stereocenters. The quantitative estimate of drug-likeness (QED) is 0.272. The summed E-state index contributed by atoms with van der Waals surface area (Å²) in [5.74, 6) is -0.838. The van der Waals surface area contributed by atoms with Gasteiger partial charge in [0.25, 0.3) is 0 Å². The van der Waals surface area contributed by atoms with E-state index in [9.17, 15) is 26.3 Å². The molecule has 0 N–H and O–H groups in total. The molecule has 0 aromatic carbocycles. The highest BCUT2D eigenvalue weighted by atomic mass is 35.5. The van der Waals surface area contributed by atoms with E-state index in [1.807, 2.05) is 0 Å². The van der Waals surface area contributed by atoms with Gasteiger partial charge in [-0.2, -0.15) is 8.78 Å². The lowest BCUT2D eigenvalue weighted by molar-refractivity contribution is -0.322. The summed E-state index contributed by atoms with van der Waals surface area (Å²) in [5.41, 5.74) is 0. The van der Waals surface area contributed by atoms with Crippen molar-refractivity contribution in [2.75, 3.05) is 0 Å². The molecule has 4 rings (SSSR count). The van der Waals surface area contributed by atoms with Crippen molar-refractivity contribution < 1.29 is 31.1 Å². The van der Waals surface area contributed by atoms with Gasteiger partial charge in [-0.1, -0.05) is 32.1 Å². The fraction of sp³-hybridized carbons (Fsp3) is 1.00. The summed E-state index contributed by atoms with van der Waals surface area (Å²) >= 11 is 5.58. The fourth-order valence-corrected chi connectivity index (χ4v) is 7.38. The van der Waals surface area contributed by atoms with Gasteiger partial charge < -0.3 is 4.74 Å². The van der Waals surface area contributed by atoms with E-state index < -0.39 is 61.0 Å². The van der Waals surface area contributed by atoms with Crippen LogP contribution in [0.1, 0.15) is 83.5 Å². The minimum atomic E-state index is -4.12. The van der Waals surface area contributed by atoms with Crippen molar-refractivity contribution in [1.82, 2.24) is 0 Å². The van der Waals surface area contributed by atoms with Crippen LogP contribution in [0.15, 0.2) is 0 Å². The lowest BCUT2D eigenvalue weighted by Crippen LogP contribution is -2.51. The van der Waals surface area contributed by atoms with Gasteiger partial charge >= 0.3 is 6.11 Å². The van der Waals surface area contributed by atoms with Crippen LogP contribution in [0.3, 0.4) is 0 Å². The first kappa shape index (κ1) is 25.9. The zero-order valence-corrected chi connectivity index (χ0v) is 19.9. The molecule has 0 aromatic rings. The molecule has 4 saturated carbocycles. The molecule has 0 bridgehead atoms. The summed E-state index contributed by atoms with van der Waals surface area (Å²) in [6, 6.07) is 0. The van der Waals surface area contributed by atoms with Gasteiger partial charge in [-0.3, -0.25) is 0 Å². The third-order valence-electron chi connectivity index (χ3n) is 9.01. The average molecular weight is 503 g/mol. The van der Waals surface area contributed by atoms with Crippen LogP contribution in [0, 0.1) is 29.6 Å². The maximum absolute atomic E-state index is 15.0. The average Bonchev–Trinajstić information content (AvgIpc) is 2.77. The fourth-order valence-electron chi connectivity index (χ4n) is 7.18.